The van der Waals surface area contributed by atoms with Crippen LogP contribution in [0.3, 0.4) is 0 Å². The molecular formula is C23H27N3O4. The summed E-state index contributed by atoms with van der Waals surface area (Å²) in [5.74, 6) is 0.431. The van der Waals surface area contributed by atoms with Crippen LogP contribution in [-0.4, -0.2) is 62.2 Å². The number of amides is 2. The van der Waals surface area contributed by atoms with Gasteiger partial charge in [0.05, 0.1) is 32.0 Å². The summed E-state index contributed by atoms with van der Waals surface area (Å²) in [7, 11) is 0. The number of para-hydroxylation sites is 2. The lowest BCUT2D eigenvalue weighted by Crippen LogP contribution is -2.53. The normalized spacial score (nSPS) is 18.4. The lowest BCUT2D eigenvalue weighted by Gasteiger charge is -2.38. The smallest absolute Gasteiger partial charge is 0.265 e. The minimum atomic E-state index is -0.647. The molecule has 1 fully saturated rings. The summed E-state index contributed by atoms with van der Waals surface area (Å²) in [6, 6.07) is 13.4. The number of ether oxygens (including phenoxy) is 2. The summed E-state index contributed by atoms with van der Waals surface area (Å²) < 4.78 is 11.4. The van der Waals surface area contributed by atoms with Crippen molar-refractivity contribution < 1.29 is 19.1 Å². The van der Waals surface area contributed by atoms with Crippen molar-refractivity contribution in [1.29, 1.82) is 0 Å². The Labute approximate surface area is 176 Å². The fourth-order valence-electron chi connectivity index (χ4n) is 3.82. The number of carbonyl (C=O) groups is 2. The summed E-state index contributed by atoms with van der Waals surface area (Å²) in [5, 5.41) is 3.00. The van der Waals surface area contributed by atoms with Crippen LogP contribution in [0.1, 0.15) is 11.1 Å². The van der Waals surface area contributed by atoms with Gasteiger partial charge in [-0.05, 0) is 43.2 Å². The van der Waals surface area contributed by atoms with E-state index in [1.807, 2.05) is 61.2 Å². The molecule has 0 saturated carbocycles. The van der Waals surface area contributed by atoms with Gasteiger partial charge in [-0.3, -0.25) is 9.59 Å². The number of carbonyl (C=O) groups excluding carboxylic acids is 2. The Balaban J connectivity index is 1.50. The highest BCUT2D eigenvalue weighted by Crippen LogP contribution is 2.33. The van der Waals surface area contributed by atoms with E-state index in [2.05, 4.69) is 5.32 Å². The molecule has 0 bridgehead atoms. The molecule has 2 amide bonds. The predicted octanol–water partition coefficient (Wildman–Crippen LogP) is 2.37. The molecule has 0 aliphatic carbocycles. The molecule has 1 N–H and O–H groups in total. The zero-order chi connectivity index (χ0) is 21.1. The number of rotatable bonds is 4. The number of nitrogens with zero attached hydrogens (tertiary/aromatic N) is 2. The van der Waals surface area contributed by atoms with Gasteiger partial charge in [-0.15, -0.1) is 0 Å². The van der Waals surface area contributed by atoms with Gasteiger partial charge in [-0.1, -0.05) is 24.3 Å². The molecule has 2 aromatic carbocycles. The Bertz CT molecular complexity index is 940. The standard InChI is InChI=1S/C23H27N3O4/c1-16-6-5-7-18(17(16)2)24-22(27)15-26-14-21(23(28)25-10-12-29-13-11-25)30-20-9-4-3-8-19(20)26/h3-9,21H,10-15H2,1-2H3,(H,24,27). The zero-order valence-electron chi connectivity index (χ0n) is 17.4. The van der Waals surface area contributed by atoms with Gasteiger partial charge in [0.2, 0.25) is 5.91 Å². The number of anilines is 2. The number of hydrogen-bond acceptors (Lipinski definition) is 5. The number of benzene rings is 2. The predicted molar refractivity (Wildman–Crippen MR) is 115 cm³/mol. The molecule has 2 heterocycles. The van der Waals surface area contributed by atoms with Gasteiger partial charge in [0, 0.05) is 18.8 Å². The average molecular weight is 409 g/mol. The van der Waals surface area contributed by atoms with Gasteiger partial charge >= 0.3 is 0 Å². The van der Waals surface area contributed by atoms with Gasteiger partial charge < -0.3 is 24.6 Å². The van der Waals surface area contributed by atoms with E-state index in [9.17, 15) is 9.59 Å². The van der Waals surface area contributed by atoms with Crippen molar-refractivity contribution in [3.05, 3.63) is 53.6 Å². The zero-order valence-corrected chi connectivity index (χ0v) is 17.4. The molecule has 2 aliphatic rings. The maximum atomic E-state index is 13.0. The third-order valence-corrected chi connectivity index (χ3v) is 5.67. The van der Waals surface area contributed by atoms with E-state index >= 15 is 0 Å². The largest absolute Gasteiger partial charge is 0.477 e. The second kappa shape index (κ2) is 8.75. The molecule has 0 radical (unpaired) electrons. The van der Waals surface area contributed by atoms with Crippen LogP contribution in [0.25, 0.3) is 0 Å². The first-order valence-electron chi connectivity index (χ1n) is 10.3. The van der Waals surface area contributed by atoms with Gasteiger partial charge in [0.15, 0.2) is 6.10 Å². The summed E-state index contributed by atoms with van der Waals surface area (Å²) >= 11 is 0. The first-order chi connectivity index (χ1) is 14.5. The molecule has 4 rings (SSSR count). The third-order valence-electron chi connectivity index (χ3n) is 5.67. The van der Waals surface area contributed by atoms with Crippen molar-refractivity contribution in [2.24, 2.45) is 0 Å². The molecule has 2 aliphatic heterocycles. The highest BCUT2D eigenvalue weighted by atomic mass is 16.5. The van der Waals surface area contributed by atoms with Crippen LogP contribution in [0, 0.1) is 13.8 Å². The van der Waals surface area contributed by atoms with E-state index in [0.717, 1.165) is 22.5 Å². The Morgan fingerprint density at radius 2 is 1.83 bits per heavy atom. The van der Waals surface area contributed by atoms with Crippen molar-refractivity contribution in [2.75, 3.05) is 49.6 Å². The summed E-state index contributed by atoms with van der Waals surface area (Å²) in [6.45, 7) is 6.68. The van der Waals surface area contributed by atoms with Gasteiger partial charge in [-0.2, -0.15) is 0 Å². The SMILES string of the molecule is Cc1cccc(NC(=O)CN2CC(C(=O)N3CCOCC3)Oc3ccccc32)c1C. The molecule has 2 aromatic rings. The summed E-state index contributed by atoms with van der Waals surface area (Å²) in [4.78, 5) is 29.5. The fourth-order valence-corrected chi connectivity index (χ4v) is 3.82. The Kier molecular flexibility index (Phi) is 5.90. The van der Waals surface area contributed by atoms with Crippen molar-refractivity contribution in [2.45, 2.75) is 20.0 Å². The highest BCUT2D eigenvalue weighted by molar-refractivity contribution is 5.95. The number of fused-ring (bicyclic) bond motifs is 1. The average Bonchev–Trinajstić information content (AvgIpc) is 2.77. The summed E-state index contributed by atoms with van der Waals surface area (Å²) in [6.07, 6.45) is -0.647. The van der Waals surface area contributed by atoms with Gasteiger partial charge in [0.25, 0.3) is 5.91 Å². The van der Waals surface area contributed by atoms with Crippen LogP contribution >= 0.6 is 0 Å². The lowest BCUT2D eigenvalue weighted by molar-refractivity contribution is -0.142. The van der Waals surface area contributed by atoms with Crippen molar-refractivity contribution >= 4 is 23.2 Å². The monoisotopic (exact) mass is 409 g/mol. The molecule has 158 valence electrons. The molecular weight excluding hydrogens is 382 g/mol. The first kappa shape index (κ1) is 20.2. The molecule has 1 atom stereocenters. The van der Waals surface area contributed by atoms with Crippen molar-refractivity contribution in [1.82, 2.24) is 4.90 Å². The molecule has 1 unspecified atom stereocenters. The Hall–Kier alpha value is -3.06. The van der Waals surface area contributed by atoms with E-state index in [-0.39, 0.29) is 18.4 Å². The van der Waals surface area contributed by atoms with E-state index in [4.69, 9.17) is 9.47 Å². The molecule has 0 aromatic heterocycles. The fraction of sp³-hybridized carbons (Fsp3) is 0.391. The number of morpholine rings is 1. The third kappa shape index (κ3) is 4.26. The van der Waals surface area contributed by atoms with Gasteiger partial charge in [0.1, 0.15) is 5.75 Å². The Morgan fingerprint density at radius 1 is 1.07 bits per heavy atom. The van der Waals surface area contributed by atoms with Crippen LogP contribution in [0.5, 0.6) is 5.75 Å². The minimum absolute atomic E-state index is 0.0623. The first-order valence-corrected chi connectivity index (χ1v) is 10.3. The topological polar surface area (TPSA) is 71.1 Å². The number of hydrogen-bond donors (Lipinski definition) is 1. The molecule has 1 saturated heterocycles. The van der Waals surface area contributed by atoms with Crippen LogP contribution in [0.4, 0.5) is 11.4 Å². The molecule has 7 nitrogen and oxygen atoms in total. The van der Waals surface area contributed by atoms with E-state index < -0.39 is 6.10 Å². The van der Waals surface area contributed by atoms with Crippen molar-refractivity contribution in [3.8, 4) is 5.75 Å². The number of nitrogens with one attached hydrogen (secondary N) is 1. The van der Waals surface area contributed by atoms with Crippen molar-refractivity contribution in [3.63, 3.8) is 0 Å². The minimum Gasteiger partial charge on any atom is -0.477 e. The van der Waals surface area contributed by atoms with Crippen LogP contribution < -0.4 is 15.0 Å². The van der Waals surface area contributed by atoms with E-state index in [1.54, 1.807) is 4.90 Å². The second-order valence-electron chi connectivity index (χ2n) is 7.69. The summed E-state index contributed by atoms with van der Waals surface area (Å²) in [5.41, 5.74) is 3.80. The maximum Gasteiger partial charge on any atom is 0.265 e. The number of aryl methyl sites for hydroxylation is 1. The second-order valence-corrected chi connectivity index (χ2v) is 7.69. The van der Waals surface area contributed by atoms with Crippen LogP contribution in [-0.2, 0) is 14.3 Å². The van der Waals surface area contributed by atoms with Crippen LogP contribution in [0.15, 0.2) is 42.5 Å². The van der Waals surface area contributed by atoms with E-state index in [1.165, 1.54) is 0 Å². The molecule has 30 heavy (non-hydrogen) atoms. The van der Waals surface area contributed by atoms with E-state index in [0.29, 0.717) is 38.6 Å². The quantitative estimate of drug-likeness (QED) is 0.840. The lowest BCUT2D eigenvalue weighted by atomic mass is 10.1. The molecule has 0 spiro atoms. The Morgan fingerprint density at radius 3 is 2.63 bits per heavy atom. The maximum absolute atomic E-state index is 13.0. The van der Waals surface area contributed by atoms with Gasteiger partial charge in [-0.25, -0.2) is 0 Å². The highest BCUT2D eigenvalue weighted by Gasteiger charge is 2.34. The van der Waals surface area contributed by atoms with Crippen LogP contribution in [0.2, 0.25) is 0 Å². The molecule has 7 heteroatoms.